The SMILES string of the molecule is Cc1nc(CCN2C(=O)C(C)(C3CC3)NC(=O)C2C)no1. The Labute approximate surface area is 123 Å². The smallest absolute Gasteiger partial charge is 0.249 e. The number of amides is 2. The van der Waals surface area contributed by atoms with Crippen LogP contribution in [0.5, 0.6) is 0 Å². The second kappa shape index (κ2) is 4.82. The molecule has 2 atom stereocenters. The molecular formula is C14H20N4O3. The second-order valence-electron chi connectivity index (χ2n) is 6.12. The van der Waals surface area contributed by atoms with Crippen molar-refractivity contribution >= 4 is 11.8 Å². The van der Waals surface area contributed by atoms with Gasteiger partial charge in [-0.25, -0.2) is 0 Å². The molecule has 1 N–H and O–H groups in total. The third kappa shape index (κ3) is 2.41. The van der Waals surface area contributed by atoms with Crippen molar-refractivity contribution in [2.75, 3.05) is 6.54 Å². The molecule has 21 heavy (non-hydrogen) atoms. The van der Waals surface area contributed by atoms with E-state index in [0.29, 0.717) is 24.7 Å². The van der Waals surface area contributed by atoms with Gasteiger partial charge < -0.3 is 14.7 Å². The van der Waals surface area contributed by atoms with Crippen LogP contribution in [0.1, 0.15) is 38.4 Å². The minimum absolute atomic E-state index is 0.00248. The number of piperazine rings is 1. The van der Waals surface area contributed by atoms with Crippen molar-refractivity contribution in [2.24, 2.45) is 5.92 Å². The lowest BCUT2D eigenvalue weighted by molar-refractivity contribution is -0.154. The summed E-state index contributed by atoms with van der Waals surface area (Å²) in [6.07, 6.45) is 2.48. The minimum atomic E-state index is -0.753. The summed E-state index contributed by atoms with van der Waals surface area (Å²) in [5.74, 6) is 1.23. The Hall–Kier alpha value is -1.92. The van der Waals surface area contributed by atoms with Crippen LogP contribution >= 0.6 is 0 Å². The van der Waals surface area contributed by atoms with Gasteiger partial charge in [0.25, 0.3) is 0 Å². The summed E-state index contributed by atoms with van der Waals surface area (Å²) < 4.78 is 4.92. The second-order valence-corrected chi connectivity index (χ2v) is 6.12. The molecule has 2 amide bonds. The molecule has 7 heteroatoms. The number of carbonyl (C=O) groups excluding carboxylic acids is 2. The fraction of sp³-hybridized carbons (Fsp3) is 0.714. The van der Waals surface area contributed by atoms with E-state index < -0.39 is 11.6 Å². The zero-order chi connectivity index (χ0) is 15.2. The van der Waals surface area contributed by atoms with Crippen LogP contribution in [0.25, 0.3) is 0 Å². The molecular weight excluding hydrogens is 272 g/mol. The molecule has 2 fully saturated rings. The Morgan fingerprint density at radius 1 is 1.43 bits per heavy atom. The average Bonchev–Trinajstić information content (AvgIpc) is 3.21. The van der Waals surface area contributed by atoms with Gasteiger partial charge in [0.2, 0.25) is 17.7 Å². The Bertz CT molecular complexity index is 581. The first kappa shape index (κ1) is 14.0. The first-order valence-corrected chi connectivity index (χ1v) is 7.34. The summed E-state index contributed by atoms with van der Waals surface area (Å²) in [7, 11) is 0. The number of carbonyl (C=O) groups is 2. The molecule has 1 aromatic rings. The number of nitrogens with one attached hydrogen (secondary N) is 1. The van der Waals surface area contributed by atoms with Gasteiger partial charge in [0.15, 0.2) is 5.82 Å². The lowest BCUT2D eigenvalue weighted by Gasteiger charge is -2.43. The Morgan fingerprint density at radius 3 is 2.71 bits per heavy atom. The monoisotopic (exact) mass is 292 g/mol. The molecule has 2 aliphatic rings. The fourth-order valence-corrected chi connectivity index (χ4v) is 2.93. The third-order valence-electron chi connectivity index (χ3n) is 4.47. The van der Waals surface area contributed by atoms with Crippen LogP contribution in [0, 0.1) is 12.8 Å². The highest BCUT2D eigenvalue weighted by Gasteiger charge is 2.54. The minimum Gasteiger partial charge on any atom is -0.340 e. The molecule has 0 bridgehead atoms. The topological polar surface area (TPSA) is 88.3 Å². The van der Waals surface area contributed by atoms with Gasteiger partial charge in [-0.15, -0.1) is 0 Å². The zero-order valence-corrected chi connectivity index (χ0v) is 12.5. The van der Waals surface area contributed by atoms with E-state index in [4.69, 9.17) is 4.52 Å². The van der Waals surface area contributed by atoms with Crippen LogP contribution in [0.15, 0.2) is 4.52 Å². The van der Waals surface area contributed by atoms with E-state index in [9.17, 15) is 9.59 Å². The summed E-state index contributed by atoms with van der Waals surface area (Å²) in [6.45, 7) is 5.74. The molecule has 7 nitrogen and oxygen atoms in total. The van der Waals surface area contributed by atoms with Crippen molar-refractivity contribution in [3.63, 3.8) is 0 Å². The van der Waals surface area contributed by atoms with Gasteiger partial charge in [-0.3, -0.25) is 9.59 Å². The lowest BCUT2D eigenvalue weighted by atomic mass is 9.89. The Kier molecular flexibility index (Phi) is 3.22. The Morgan fingerprint density at radius 2 is 2.14 bits per heavy atom. The maximum Gasteiger partial charge on any atom is 0.249 e. The van der Waals surface area contributed by atoms with Gasteiger partial charge in [-0.2, -0.15) is 4.98 Å². The predicted molar refractivity (Wildman–Crippen MR) is 73.2 cm³/mol. The molecule has 114 valence electrons. The van der Waals surface area contributed by atoms with Gasteiger partial charge in [-0.1, -0.05) is 5.16 Å². The largest absolute Gasteiger partial charge is 0.340 e. The summed E-state index contributed by atoms with van der Waals surface area (Å²) in [6, 6.07) is -0.461. The lowest BCUT2D eigenvalue weighted by Crippen LogP contribution is -2.69. The molecule has 1 aliphatic carbocycles. The van der Waals surface area contributed by atoms with Crippen molar-refractivity contribution in [1.82, 2.24) is 20.4 Å². The molecule has 1 aromatic heterocycles. The van der Waals surface area contributed by atoms with E-state index in [1.807, 2.05) is 6.92 Å². The predicted octanol–water partition coefficient (Wildman–Crippen LogP) is 0.436. The van der Waals surface area contributed by atoms with E-state index in [2.05, 4.69) is 15.5 Å². The van der Waals surface area contributed by atoms with Crippen LogP contribution in [-0.2, 0) is 16.0 Å². The van der Waals surface area contributed by atoms with Crippen LogP contribution in [-0.4, -0.2) is 45.0 Å². The standard InChI is InChI=1S/C14H20N4O3/c1-8-12(19)16-14(3,10-4-5-10)13(20)18(8)7-6-11-15-9(2)21-17-11/h8,10H,4-7H2,1-3H3,(H,16,19). The highest BCUT2D eigenvalue weighted by Crippen LogP contribution is 2.42. The van der Waals surface area contributed by atoms with E-state index >= 15 is 0 Å². The van der Waals surface area contributed by atoms with E-state index in [1.54, 1.807) is 18.7 Å². The van der Waals surface area contributed by atoms with E-state index in [-0.39, 0.29) is 17.7 Å². The van der Waals surface area contributed by atoms with E-state index in [1.165, 1.54) is 0 Å². The van der Waals surface area contributed by atoms with E-state index in [0.717, 1.165) is 12.8 Å². The normalized spacial score (nSPS) is 29.7. The molecule has 0 aromatic carbocycles. The molecule has 0 radical (unpaired) electrons. The summed E-state index contributed by atoms with van der Waals surface area (Å²) >= 11 is 0. The average molecular weight is 292 g/mol. The van der Waals surface area contributed by atoms with Crippen LogP contribution in [0.2, 0.25) is 0 Å². The van der Waals surface area contributed by atoms with Gasteiger partial charge in [0.1, 0.15) is 11.6 Å². The molecule has 0 spiro atoms. The van der Waals surface area contributed by atoms with Crippen LogP contribution in [0.4, 0.5) is 0 Å². The van der Waals surface area contributed by atoms with Crippen molar-refractivity contribution in [1.29, 1.82) is 0 Å². The molecule has 3 rings (SSSR count). The highest BCUT2D eigenvalue weighted by molar-refractivity contribution is 5.99. The zero-order valence-electron chi connectivity index (χ0n) is 12.5. The van der Waals surface area contributed by atoms with Crippen molar-refractivity contribution in [3.8, 4) is 0 Å². The van der Waals surface area contributed by atoms with Gasteiger partial charge in [0, 0.05) is 19.9 Å². The highest BCUT2D eigenvalue weighted by atomic mass is 16.5. The maximum absolute atomic E-state index is 12.8. The van der Waals surface area contributed by atoms with Crippen LogP contribution in [0.3, 0.4) is 0 Å². The number of hydrogen-bond acceptors (Lipinski definition) is 5. The number of nitrogens with zero attached hydrogens (tertiary/aromatic N) is 3. The van der Waals surface area contributed by atoms with Gasteiger partial charge in [-0.05, 0) is 32.6 Å². The maximum atomic E-state index is 12.8. The first-order chi connectivity index (χ1) is 9.91. The summed E-state index contributed by atoms with van der Waals surface area (Å²) in [5.41, 5.74) is -0.753. The van der Waals surface area contributed by atoms with Gasteiger partial charge in [0.05, 0.1) is 0 Å². The molecule has 1 saturated heterocycles. The first-order valence-electron chi connectivity index (χ1n) is 7.34. The number of rotatable bonds is 4. The van der Waals surface area contributed by atoms with Crippen molar-refractivity contribution in [3.05, 3.63) is 11.7 Å². The summed E-state index contributed by atoms with van der Waals surface area (Å²) in [5, 5.41) is 6.74. The molecule has 1 saturated carbocycles. The fourth-order valence-electron chi connectivity index (χ4n) is 2.93. The van der Waals surface area contributed by atoms with Crippen molar-refractivity contribution < 1.29 is 14.1 Å². The summed E-state index contributed by atoms with van der Waals surface area (Å²) in [4.78, 5) is 30.7. The Balaban J connectivity index is 1.74. The third-order valence-corrected chi connectivity index (χ3v) is 4.47. The molecule has 2 unspecified atom stereocenters. The number of hydrogen-bond donors (Lipinski definition) is 1. The van der Waals surface area contributed by atoms with Crippen LogP contribution < -0.4 is 5.32 Å². The number of aromatic nitrogens is 2. The quantitative estimate of drug-likeness (QED) is 0.869. The number of aryl methyl sites for hydroxylation is 1. The molecule has 1 aliphatic heterocycles. The van der Waals surface area contributed by atoms with Crippen molar-refractivity contribution in [2.45, 2.75) is 51.6 Å². The molecule has 2 heterocycles. The van der Waals surface area contributed by atoms with Gasteiger partial charge >= 0.3 is 0 Å².